The molecule has 0 saturated heterocycles. The normalized spacial score (nSPS) is 12.4. The van der Waals surface area contributed by atoms with Gasteiger partial charge < -0.3 is 10.6 Å². The fraction of sp³-hybridized carbons (Fsp3) is 0.417. The number of nitrogens with one attached hydrogen (secondary N) is 2. The molecule has 0 spiro atoms. The number of carbonyl (C=O) groups is 1. The number of carbonyl (C=O) groups excluding carboxylic acids is 1. The molecule has 2 rings (SSSR count). The Morgan fingerprint density at radius 2 is 2.32 bits per heavy atom. The van der Waals surface area contributed by atoms with Crippen molar-refractivity contribution in [1.82, 2.24) is 15.3 Å². The van der Waals surface area contributed by atoms with Crippen LogP contribution in [0.5, 0.6) is 0 Å². The molecule has 7 heteroatoms. The highest BCUT2D eigenvalue weighted by Crippen LogP contribution is 2.20. The van der Waals surface area contributed by atoms with E-state index in [1.807, 2.05) is 18.5 Å². The minimum atomic E-state index is -0.0968. The summed E-state index contributed by atoms with van der Waals surface area (Å²) < 4.78 is 0. The van der Waals surface area contributed by atoms with Crippen LogP contribution in [-0.2, 0) is 11.3 Å². The maximum absolute atomic E-state index is 10.9. The first-order valence-electron chi connectivity index (χ1n) is 5.92. The van der Waals surface area contributed by atoms with Crippen molar-refractivity contribution in [2.45, 2.75) is 33.4 Å². The zero-order valence-corrected chi connectivity index (χ0v) is 12.7. The molecular formula is C12H16N4OS2. The Morgan fingerprint density at radius 3 is 2.95 bits per heavy atom. The van der Waals surface area contributed by atoms with Gasteiger partial charge in [0.15, 0.2) is 5.13 Å². The lowest BCUT2D eigenvalue weighted by Gasteiger charge is -2.09. The Hall–Kier alpha value is -1.31. The quantitative estimate of drug-likeness (QED) is 0.890. The van der Waals surface area contributed by atoms with E-state index < -0.39 is 0 Å². The highest BCUT2D eigenvalue weighted by molar-refractivity contribution is 7.14. The van der Waals surface area contributed by atoms with Crippen LogP contribution in [-0.4, -0.2) is 15.9 Å². The Balaban J connectivity index is 1.88. The zero-order chi connectivity index (χ0) is 13.8. The summed E-state index contributed by atoms with van der Waals surface area (Å²) in [5.41, 5.74) is 0.925. The molecule has 0 radical (unpaired) electrons. The van der Waals surface area contributed by atoms with E-state index in [0.717, 1.165) is 10.7 Å². The van der Waals surface area contributed by atoms with Gasteiger partial charge in [-0.2, -0.15) is 0 Å². The zero-order valence-electron chi connectivity index (χ0n) is 11.1. The van der Waals surface area contributed by atoms with E-state index in [2.05, 4.69) is 27.5 Å². The first-order chi connectivity index (χ1) is 9.04. The van der Waals surface area contributed by atoms with E-state index in [1.165, 1.54) is 23.1 Å². The van der Waals surface area contributed by atoms with Gasteiger partial charge in [0, 0.05) is 29.9 Å². The van der Waals surface area contributed by atoms with Crippen molar-refractivity contribution >= 4 is 33.7 Å². The lowest BCUT2D eigenvalue weighted by Crippen LogP contribution is -2.18. The SMILES string of the molecule is CC(=O)Nc1nc(CNC(C)c2ncc(C)s2)cs1. The maximum atomic E-state index is 10.9. The van der Waals surface area contributed by atoms with Crippen molar-refractivity contribution in [3.05, 3.63) is 27.2 Å². The van der Waals surface area contributed by atoms with E-state index in [9.17, 15) is 4.79 Å². The molecule has 1 amide bonds. The van der Waals surface area contributed by atoms with Gasteiger partial charge in [-0.15, -0.1) is 22.7 Å². The predicted octanol–water partition coefficient (Wildman–Crippen LogP) is 2.72. The fourth-order valence-corrected chi connectivity index (χ4v) is 3.07. The van der Waals surface area contributed by atoms with Crippen molar-refractivity contribution < 1.29 is 4.79 Å². The molecule has 0 saturated carbocycles. The van der Waals surface area contributed by atoms with Crippen LogP contribution in [0.3, 0.4) is 0 Å². The molecule has 19 heavy (non-hydrogen) atoms. The van der Waals surface area contributed by atoms with Crippen LogP contribution in [0.1, 0.15) is 35.5 Å². The number of thiazole rings is 2. The first-order valence-corrected chi connectivity index (χ1v) is 7.62. The van der Waals surface area contributed by atoms with Crippen LogP contribution >= 0.6 is 22.7 Å². The van der Waals surface area contributed by atoms with Crippen molar-refractivity contribution in [3.8, 4) is 0 Å². The lowest BCUT2D eigenvalue weighted by atomic mass is 10.3. The average molecular weight is 296 g/mol. The monoisotopic (exact) mass is 296 g/mol. The lowest BCUT2D eigenvalue weighted by molar-refractivity contribution is -0.114. The number of hydrogen-bond donors (Lipinski definition) is 2. The van der Waals surface area contributed by atoms with Crippen LogP contribution < -0.4 is 10.6 Å². The number of aromatic nitrogens is 2. The Kier molecular flexibility index (Phi) is 4.62. The molecular weight excluding hydrogens is 280 g/mol. The molecule has 102 valence electrons. The fourth-order valence-electron chi connectivity index (χ4n) is 1.51. The second kappa shape index (κ2) is 6.23. The molecule has 2 aromatic rings. The summed E-state index contributed by atoms with van der Waals surface area (Å²) in [7, 11) is 0. The molecule has 0 aromatic carbocycles. The summed E-state index contributed by atoms with van der Waals surface area (Å²) in [5, 5.41) is 9.71. The smallest absolute Gasteiger partial charge is 0.223 e. The molecule has 1 unspecified atom stereocenters. The topological polar surface area (TPSA) is 66.9 Å². The van der Waals surface area contributed by atoms with Gasteiger partial charge in [0.25, 0.3) is 0 Å². The molecule has 2 N–H and O–H groups in total. The Bertz CT molecular complexity index is 564. The molecule has 0 aliphatic heterocycles. The predicted molar refractivity (Wildman–Crippen MR) is 78.5 cm³/mol. The number of amides is 1. The summed E-state index contributed by atoms with van der Waals surface area (Å²) in [6.45, 7) is 6.27. The van der Waals surface area contributed by atoms with Gasteiger partial charge in [-0.1, -0.05) is 0 Å². The molecule has 0 bridgehead atoms. The summed E-state index contributed by atoms with van der Waals surface area (Å²) >= 11 is 3.13. The second-order valence-electron chi connectivity index (χ2n) is 4.24. The molecule has 2 aromatic heterocycles. The third-order valence-corrected chi connectivity index (χ3v) is 4.34. The van der Waals surface area contributed by atoms with Crippen LogP contribution in [0.2, 0.25) is 0 Å². The van der Waals surface area contributed by atoms with Gasteiger partial charge in [-0.05, 0) is 13.8 Å². The van der Waals surface area contributed by atoms with Crippen LogP contribution in [0.15, 0.2) is 11.6 Å². The number of rotatable bonds is 5. The van der Waals surface area contributed by atoms with E-state index >= 15 is 0 Å². The van der Waals surface area contributed by atoms with Crippen molar-refractivity contribution in [3.63, 3.8) is 0 Å². The van der Waals surface area contributed by atoms with E-state index in [4.69, 9.17) is 0 Å². The first kappa shape index (κ1) is 14.1. The third kappa shape index (κ3) is 4.09. The highest BCUT2D eigenvalue weighted by atomic mass is 32.1. The summed E-state index contributed by atoms with van der Waals surface area (Å²) in [6.07, 6.45) is 1.88. The van der Waals surface area contributed by atoms with Gasteiger partial charge in [-0.3, -0.25) is 4.79 Å². The van der Waals surface area contributed by atoms with E-state index in [0.29, 0.717) is 11.7 Å². The van der Waals surface area contributed by atoms with Gasteiger partial charge in [0.05, 0.1) is 11.7 Å². The Labute approximate surface area is 120 Å². The standard InChI is InChI=1S/C12H16N4OS2/c1-7-4-14-11(19-7)8(2)13-5-10-6-18-12(16-10)15-9(3)17/h4,6,8,13H,5H2,1-3H3,(H,15,16,17). The van der Waals surface area contributed by atoms with Gasteiger partial charge in [-0.25, -0.2) is 9.97 Å². The van der Waals surface area contributed by atoms with E-state index in [1.54, 1.807) is 11.3 Å². The Morgan fingerprint density at radius 1 is 1.53 bits per heavy atom. The number of aryl methyl sites for hydroxylation is 1. The molecule has 1 atom stereocenters. The molecule has 0 aliphatic carbocycles. The van der Waals surface area contributed by atoms with Gasteiger partial charge in [0.1, 0.15) is 5.01 Å². The number of nitrogens with zero attached hydrogens (tertiary/aromatic N) is 2. The second-order valence-corrected chi connectivity index (χ2v) is 6.36. The van der Waals surface area contributed by atoms with Crippen LogP contribution in [0.25, 0.3) is 0 Å². The summed E-state index contributed by atoms with van der Waals surface area (Å²) in [5.74, 6) is -0.0968. The van der Waals surface area contributed by atoms with Crippen molar-refractivity contribution in [2.75, 3.05) is 5.32 Å². The molecule has 0 aliphatic rings. The van der Waals surface area contributed by atoms with Crippen LogP contribution in [0.4, 0.5) is 5.13 Å². The number of hydrogen-bond acceptors (Lipinski definition) is 6. The number of anilines is 1. The minimum Gasteiger partial charge on any atom is -0.302 e. The summed E-state index contributed by atoms with van der Waals surface area (Å²) in [6, 6.07) is 0.199. The van der Waals surface area contributed by atoms with Crippen LogP contribution in [0, 0.1) is 6.92 Å². The summed E-state index contributed by atoms with van der Waals surface area (Å²) in [4.78, 5) is 20.8. The molecule has 5 nitrogen and oxygen atoms in total. The largest absolute Gasteiger partial charge is 0.302 e. The highest BCUT2D eigenvalue weighted by Gasteiger charge is 2.10. The van der Waals surface area contributed by atoms with Crippen molar-refractivity contribution in [2.24, 2.45) is 0 Å². The van der Waals surface area contributed by atoms with Gasteiger partial charge >= 0.3 is 0 Å². The molecule has 2 heterocycles. The third-order valence-electron chi connectivity index (χ3n) is 2.43. The maximum Gasteiger partial charge on any atom is 0.223 e. The van der Waals surface area contributed by atoms with Crippen molar-refractivity contribution in [1.29, 1.82) is 0 Å². The average Bonchev–Trinajstić information content (AvgIpc) is 2.94. The van der Waals surface area contributed by atoms with Gasteiger partial charge in [0.2, 0.25) is 5.91 Å². The minimum absolute atomic E-state index is 0.0968. The van der Waals surface area contributed by atoms with E-state index in [-0.39, 0.29) is 11.9 Å². The molecule has 0 fully saturated rings.